The summed E-state index contributed by atoms with van der Waals surface area (Å²) in [6.07, 6.45) is 0. The molecular weight excluding hydrogens is 286 g/mol. The number of benzene rings is 2. The number of non-ortho nitro benzene ring substituents is 1. The van der Waals surface area contributed by atoms with Crippen LogP contribution in [0.5, 0.6) is 11.5 Å². The van der Waals surface area contributed by atoms with Crippen molar-refractivity contribution < 1.29 is 19.2 Å². The van der Waals surface area contributed by atoms with Gasteiger partial charge in [-0.05, 0) is 36.8 Å². The fourth-order valence-electron chi connectivity index (χ4n) is 1.93. The van der Waals surface area contributed by atoms with E-state index in [9.17, 15) is 14.9 Å². The van der Waals surface area contributed by atoms with Gasteiger partial charge in [-0.2, -0.15) is 0 Å². The number of nitro groups is 1. The van der Waals surface area contributed by atoms with E-state index in [0.29, 0.717) is 17.1 Å². The molecule has 6 nitrogen and oxygen atoms in total. The highest BCUT2D eigenvalue weighted by Gasteiger charge is 2.09. The van der Waals surface area contributed by atoms with Gasteiger partial charge in [-0.3, -0.25) is 14.9 Å². The highest BCUT2D eigenvalue weighted by Crippen LogP contribution is 2.25. The van der Waals surface area contributed by atoms with Crippen LogP contribution in [-0.2, 0) is 6.61 Å². The Hall–Kier alpha value is -2.89. The van der Waals surface area contributed by atoms with Crippen molar-refractivity contribution in [3.63, 3.8) is 0 Å². The minimum absolute atomic E-state index is 0.0382. The van der Waals surface area contributed by atoms with E-state index in [4.69, 9.17) is 9.47 Å². The number of carbonyl (C=O) groups is 1. The molecule has 0 bridgehead atoms. The molecule has 0 spiro atoms. The van der Waals surface area contributed by atoms with Gasteiger partial charge in [0.25, 0.3) is 5.69 Å². The van der Waals surface area contributed by atoms with Crippen LogP contribution >= 0.6 is 0 Å². The van der Waals surface area contributed by atoms with E-state index in [0.717, 1.165) is 5.56 Å². The van der Waals surface area contributed by atoms with E-state index in [2.05, 4.69) is 0 Å². The SMILES string of the molecule is COc1cc(OCc2ccc([N+](=O)[O-])cc2)ccc1C(C)=O. The van der Waals surface area contributed by atoms with E-state index < -0.39 is 4.92 Å². The topological polar surface area (TPSA) is 78.7 Å². The average molecular weight is 301 g/mol. The van der Waals surface area contributed by atoms with Crippen molar-refractivity contribution in [3.8, 4) is 11.5 Å². The Morgan fingerprint density at radius 3 is 2.41 bits per heavy atom. The number of Topliss-reactive ketones (excluding diaryl/α,β-unsaturated/α-hetero) is 1. The molecule has 0 N–H and O–H groups in total. The van der Waals surface area contributed by atoms with Crippen LogP contribution in [0.2, 0.25) is 0 Å². The molecule has 0 unspecified atom stereocenters. The van der Waals surface area contributed by atoms with E-state index in [1.165, 1.54) is 26.2 Å². The highest BCUT2D eigenvalue weighted by molar-refractivity contribution is 5.97. The van der Waals surface area contributed by atoms with Crippen LogP contribution in [0.25, 0.3) is 0 Å². The molecule has 0 heterocycles. The van der Waals surface area contributed by atoms with Crippen LogP contribution in [0.4, 0.5) is 5.69 Å². The predicted molar refractivity (Wildman–Crippen MR) is 80.4 cm³/mol. The third-order valence-corrected chi connectivity index (χ3v) is 3.10. The predicted octanol–water partition coefficient (Wildman–Crippen LogP) is 3.39. The van der Waals surface area contributed by atoms with Crippen LogP contribution < -0.4 is 9.47 Å². The zero-order chi connectivity index (χ0) is 16.1. The molecule has 0 saturated carbocycles. The number of ketones is 1. The lowest BCUT2D eigenvalue weighted by molar-refractivity contribution is -0.384. The zero-order valence-electron chi connectivity index (χ0n) is 12.2. The van der Waals surface area contributed by atoms with Crippen molar-refractivity contribution in [1.82, 2.24) is 0 Å². The lowest BCUT2D eigenvalue weighted by Gasteiger charge is -2.10. The van der Waals surface area contributed by atoms with Gasteiger partial charge >= 0.3 is 0 Å². The van der Waals surface area contributed by atoms with E-state index in [1.807, 2.05) is 0 Å². The second-order valence-electron chi connectivity index (χ2n) is 4.63. The van der Waals surface area contributed by atoms with Crippen molar-refractivity contribution in [2.75, 3.05) is 7.11 Å². The molecular formula is C16H15NO5. The highest BCUT2D eigenvalue weighted by atomic mass is 16.6. The minimum Gasteiger partial charge on any atom is -0.496 e. The molecule has 114 valence electrons. The fraction of sp³-hybridized carbons (Fsp3) is 0.188. The van der Waals surface area contributed by atoms with Gasteiger partial charge in [0.15, 0.2) is 5.78 Å². The lowest BCUT2D eigenvalue weighted by atomic mass is 10.1. The second-order valence-corrected chi connectivity index (χ2v) is 4.63. The van der Waals surface area contributed by atoms with Gasteiger partial charge in [0.1, 0.15) is 18.1 Å². The number of ether oxygens (including phenoxy) is 2. The third-order valence-electron chi connectivity index (χ3n) is 3.10. The Bertz CT molecular complexity index is 694. The molecule has 0 saturated heterocycles. The number of hydrogen-bond acceptors (Lipinski definition) is 5. The van der Waals surface area contributed by atoms with Crippen LogP contribution in [0.3, 0.4) is 0 Å². The van der Waals surface area contributed by atoms with Crippen molar-refractivity contribution in [1.29, 1.82) is 0 Å². The van der Waals surface area contributed by atoms with E-state index in [1.54, 1.807) is 30.3 Å². The fourth-order valence-corrected chi connectivity index (χ4v) is 1.93. The molecule has 0 aromatic heterocycles. The third kappa shape index (κ3) is 3.60. The van der Waals surface area contributed by atoms with Crippen molar-refractivity contribution in [3.05, 3.63) is 63.7 Å². The summed E-state index contributed by atoms with van der Waals surface area (Å²) >= 11 is 0. The maximum Gasteiger partial charge on any atom is 0.269 e. The maximum absolute atomic E-state index is 11.4. The second kappa shape index (κ2) is 6.71. The van der Waals surface area contributed by atoms with Gasteiger partial charge in [-0.1, -0.05) is 0 Å². The molecule has 22 heavy (non-hydrogen) atoms. The summed E-state index contributed by atoms with van der Waals surface area (Å²) < 4.78 is 10.8. The molecule has 0 aliphatic rings. The largest absolute Gasteiger partial charge is 0.496 e. The van der Waals surface area contributed by atoms with Crippen LogP contribution in [0, 0.1) is 10.1 Å². The maximum atomic E-state index is 11.4. The first kappa shape index (κ1) is 15.5. The molecule has 0 radical (unpaired) electrons. The molecule has 0 fully saturated rings. The molecule has 2 aromatic rings. The molecule has 6 heteroatoms. The Labute approximate surface area is 127 Å². The molecule has 2 rings (SSSR count). The number of rotatable bonds is 6. The van der Waals surface area contributed by atoms with E-state index in [-0.39, 0.29) is 18.1 Å². The quantitative estimate of drug-likeness (QED) is 0.464. The number of methoxy groups -OCH3 is 1. The number of carbonyl (C=O) groups excluding carboxylic acids is 1. The molecule has 0 atom stereocenters. The summed E-state index contributed by atoms with van der Waals surface area (Å²) in [5.41, 5.74) is 1.33. The first-order chi connectivity index (χ1) is 10.5. The first-order valence-corrected chi connectivity index (χ1v) is 6.56. The summed E-state index contributed by atoms with van der Waals surface area (Å²) in [6.45, 7) is 1.73. The summed E-state index contributed by atoms with van der Waals surface area (Å²) in [7, 11) is 1.49. The minimum atomic E-state index is -0.448. The summed E-state index contributed by atoms with van der Waals surface area (Å²) in [5.74, 6) is 0.924. The average Bonchev–Trinajstić information content (AvgIpc) is 2.52. The van der Waals surface area contributed by atoms with Gasteiger partial charge in [-0.15, -0.1) is 0 Å². The molecule has 2 aromatic carbocycles. The number of nitro benzene ring substituents is 1. The summed E-state index contributed by atoms with van der Waals surface area (Å²) in [4.78, 5) is 21.6. The first-order valence-electron chi connectivity index (χ1n) is 6.56. The Morgan fingerprint density at radius 2 is 1.86 bits per heavy atom. The Balaban J connectivity index is 2.08. The molecule has 0 amide bonds. The van der Waals surface area contributed by atoms with Gasteiger partial charge in [-0.25, -0.2) is 0 Å². The van der Waals surface area contributed by atoms with Crippen LogP contribution in [0.15, 0.2) is 42.5 Å². The van der Waals surface area contributed by atoms with Crippen molar-refractivity contribution in [2.24, 2.45) is 0 Å². The Kier molecular flexibility index (Phi) is 4.73. The van der Waals surface area contributed by atoms with Crippen molar-refractivity contribution in [2.45, 2.75) is 13.5 Å². The van der Waals surface area contributed by atoms with E-state index >= 15 is 0 Å². The van der Waals surface area contributed by atoms with Gasteiger partial charge in [0.05, 0.1) is 17.6 Å². The number of nitrogens with zero attached hydrogens (tertiary/aromatic N) is 1. The zero-order valence-corrected chi connectivity index (χ0v) is 12.2. The number of hydrogen-bond donors (Lipinski definition) is 0. The normalized spacial score (nSPS) is 10.1. The summed E-state index contributed by atoms with van der Waals surface area (Å²) in [6, 6.07) is 11.1. The molecule has 0 aliphatic carbocycles. The van der Waals surface area contributed by atoms with Crippen molar-refractivity contribution >= 4 is 11.5 Å². The van der Waals surface area contributed by atoms with Gasteiger partial charge < -0.3 is 9.47 Å². The van der Waals surface area contributed by atoms with Gasteiger partial charge in [0, 0.05) is 18.2 Å². The monoisotopic (exact) mass is 301 g/mol. The summed E-state index contributed by atoms with van der Waals surface area (Å²) in [5, 5.41) is 10.6. The van der Waals surface area contributed by atoms with Crippen LogP contribution in [0.1, 0.15) is 22.8 Å². The Morgan fingerprint density at radius 1 is 1.18 bits per heavy atom. The van der Waals surface area contributed by atoms with Crippen LogP contribution in [-0.4, -0.2) is 17.8 Å². The standard InChI is InChI=1S/C16H15NO5/c1-11(18)15-8-7-14(9-16(15)21-2)22-10-12-3-5-13(6-4-12)17(19)20/h3-9H,10H2,1-2H3. The molecule has 0 aliphatic heterocycles. The van der Waals surface area contributed by atoms with Gasteiger partial charge in [0.2, 0.25) is 0 Å². The smallest absolute Gasteiger partial charge is 0.269 e. The lowest BCUT2D eigenvalue weighted by Crippen LogP contribution is -2.00.